The average molecular weight is 230 g/mol. The lowest BCUT2D eigenvalue weighted by atomic mass is 10.1. The molecule has 0 saturated carbocycles. The maximum atomic E-state index is 11.4. The van der Waals surface area contributed by atoms with Gasteiger partial charge in [0.15, 0.2) is 0 Å². The van der Waals surface area contributed by atoms with Crippen LogP contribution >= 0.6 is 11.3 Å². The molecule has 0 radical (unpaired) electrons. The van der Waals surface area contributed by atoms with Crippen LogP contribution in [0.1, 0.15) is 0 Å². The largest absolute Gasteiger partial charge is 0.366 e. The fraction of sp³-hybridized carbons (Fsp3) is 0.0833. The van der Waals surface area contributed by atoms with Gasteiger partial charge in [-0.15, -0.1) is 11.3 Å². The molecular weight excluding hydrogens is 220 g/mol. The molecule has 80 valence electrons. The van der Waals surface area contributed by atoms with Crippen molar-refractivity contribution in [3.8, 4) is 0 Å². The highest BCUT2D eigenvalue weighted by atomic mass is 32.1. The lowest BCUT2D eigenvalue weighted by Gasteiger charge is -2.27. The Morgan fingerprint density at radius 3 is 3.19 bits per heavy atom. The van der Waals surface area contributed by atoms with Gasteiger partial charge in [0.1, 0.15) is 0 Å². The summed E-state index contributed by atoms with van der Waals surface area (Å²) in [7, 11) is 0. The molecule has 0 bridgehead atoms. The Hall–Kier alpha value is -1.81. The van der Waals surface area contributed by atoms with Gasteiger partial charge < -0.3 is 10.6 Å². The predicted octanol–water partition coefficient (Wildman–Crippen LogP) is -0.109. The molecule has 1 aromatic rings. The van der Waals surface area contributed by atoms with Crippen LogP contribution in [-0.2, 0) is 4.79 Å². The van der Waals surface area contributed by atoms with E-state index in [9.17, 15) is 4.79 Å². The zero-order valence-corrected chi connectivity index (χ0v) is 9.33. The number of amides is 1. The third-order valence-corrected chi connectivity index (χ3v) is 3.69. The predicted molar refractivity (Wildman–Crippen MR) is 64.6 cm³/mol. The minimum Gasteiger partial charge on any atom is -0.366 e. The molecular formula is C12H10N2OS. The number of nitrogens with zero attached hydrogens (tertiary/aromatic N) is 1. The number of fused-ring (bicyclic) bond motifs is 2. The quantitative estimate of drug-likeness (QED) is 0.732. The number of thiophene rings is 1. The van der Waals surface area contributed by atoms with Gasteiger partial charge in [0, 0.05) is 12.7 Å². The van der Waals surface area contributed by atoms with Crippen molar-refractivity contribution < 1.29 is 4.79 Å². The lowest BCUT2D eigenvalue weighted by Crippen LogP contribution is -2.38. The van der Waals surface area contributed by atoms with Crippen LogP contribution in [0.4, 0.5) is 0 Å². The molecule has 0 saturated heterocycles. The number of rotatable bonds is 1. The van der Waals surface area contributed by atoms with Gasteiger partial charge in [0.05, 0.1) is 15.8 Å². The van der Waals surface area contributed by atoms with Crippen LogP contribution in [0.2, 0.25) is 0 Å². The van der Waals surface area contributed by atoms with Crippen molar-refractivity contribution in [1.29, 1.82) is 0 Å². The molecule has 16 heavy (non-hydrogen) atoms. The molecule has 3 nitrogen and oxygen atoms in total. The summed E-state index contributed by atoms with van der Waals surface area (Å²) in [5.41, 5.74) is 6.95. The molecule has 2 aliphatic heterocycles. The Bertz CT molecular complexity index is 636. The molecule has 2 aliphatic rings. The van der Waals surface area contributed by atoms with E-state index in [-0.39, 0.29) is 5.91 Å². The Labute approximate surface area is 96.5 Å². The van der Waals surface area contributed by atoms with Crippen molar-refractivity contribution in [2.75, 3.05) is 6.54 Å². The van der Waals surface area contributed by atoms with Gasteiger partial charge in [0.2, 0.25) is 0 Å². The molecule has 1 aromatic heterocycles. The van der Waals surface area contributed by atoms with E-state index in [1.807, 2.05) is 17.7 Å². The summed E-state index contributed by atoms with van der Waals surface area (Å²) < 4.78 is 1.13. The molecule has 3 rings (SSSR count). The third kappa shape index (κ3) is 1.23. The molecule has 0 atom stereocenters. The van der Waals surface area contributed by atoms with Gasteiger partial charge in [-0.05, 0) is 28.8 Å². The van der Waals surface area contributed by atoms with E-state index in [2.05, 4.69) is 17.0 Å². The van der Waals surface area contributed by atoms with Crippen LogP contribution < -0.4 is 15.5 Å². The third-order valence-electron chi connectivity index (χ3n) is 2.76. The Balaban J connectivity index is 2.37. The number of hydrogen-bond acceptors (Lipinski definition) is 3. The van der Waals surface area contributed by atoms with E-state index < -0.39 is 0 Å². The first-order chi connectivity index (χ1) is 7.77. The number of carbonyl (C=O) groups is 1. The van der Waals surface area contributed by atoms with Crippen molar-refractivity contribution in [2.24, 2.45) is 5.73 Å². The fourth-order valence-electron chi connectivity index (χ4n) is 2.02. The molecule has 3 heterocycles. The van der Waals surface area contributed by atoms with Gasteiger partial charge in [-0.2, -0.15) is 0 Å². The first-order valence-electron chi connectivity index (χ1n) is 5.00. The molecule has 4 heteroatoms. The minimum absolute atomic E-state index is 0.370. The molecule has 0 aliphatic carbocycles. The van der Waals surface area contributed by atoms with Gasteiger partial charge in [-0.25, -0.2) is 0 Å². The van der Waals surface area contributed by atoms with Crippen LogP contribution in [-0.4, -0.2) is 17.4 Å². The molecule has 0 spiro atoms. The van der Waals surface area contributed by atoms with Gasteiger partial charge in [0.25, 0.3) is 5.91 Å². The van der Waals surface area contributed by atoms with Crippen molar-refractivity contribution in [3.63, 3.8) is 0 Å². The van der Waals surface area contributed by atoms with Crippen molar-refractivity contribution in [1.82, 2.24) is 4.90 Å². The highest BCUT2D eigenvalue weighted by molar-refractivity contribution is 7.07. The number of primary amides is 1. The maximum absolute atomic E-state index is 11.4. The molecule has 1 amide bonds. The van der Waals surface area contributed by atoms with E-state index in [1.165, 1.54) is 5.22 Å². The SMILES string of the molecule is NC(=O)C1=CC=CN2CC=c3ccsc3=C12. The molecule has 2 N–H and O–H groups in total. The number of allylic oxidation sites excluding steroid dienone is 2. The smallest absolute Gasteiger partial charge is 0.250 e. The first-order valence-corrected chi connectivity index (χ1v) is 5.88. The summed E-state index contributed by atoms with van der Waals surface area (Å²) in [6, 6.07) is 2.07. The van der Waals surface area contributed by atoms with Crippen LogP contribution in [0, 0.1) is 0 Å². The Morgan fingerprint density at radius 2 is 2.38 bits per heavy atom. The minimum atomic E-state index is -0.370. The first kappa shape index (κ1) is 9.42. The summed E-state index contributed by atoms with van der Waals surface area (Å²) in [5.74, 6) is -0.370. The highest BCUT2D eigenvalue weighted by Gasteiger charge is 2.21. The Morgan fingerprint density at radius 1 is 1.50 bits per heavy atom. The van der Waals surface area contributed by atoms with E-state index in [0.717, 1.165) is 16.8 Å². The Kier molecular flexibility index (Phi) is 1.97. The van der Waals surface area contributed by atoms with E-state index in [0.29, 0.717) is 5.57 Å². The standard InChI is InChI=1S/C12H10N2OS/c13-12(15)9-2-1-5-14-6-3-8-4-7-16-11(8)10(9)14/h1-5,7H,6H2,(H2,13,15). The second kappa shape index (κ2) is 3.35. The fourth-order valence-corrected chi connectivity index (χ4v) is 3.00. The lowest BCUT2D eigenvalue weighted by molar-refractivity contribution is -0.114. The molecule has 0 aromatic carbocycles. The van der Waals surface area contributed by atoms with Gasteiger partial charge in [-0.1, -0.05) is 6.08 Å². The van der Waals surface area contributed by atoms with Crippen LogP contribution in [0.25, 0.3) is 11.8 Å². The second-order valence-electron chi connectivity index (χ2n) is 3.70. The van der Waals surface area contributed by atoms with Gasteiger partial charge >= 0.3 is 0 Å². The normalized spacial score (nSPS) is 17.4. The van der Waals surface area contributed by atoms with E-state index in [4.69, 9.17) is 5.73 Å². The summed E-state index contributed by atoms with van der Waals surface area (Å²) in [6.45, 7) is 0.792. The number of hydrogen-bond donors (Lipinski definition) is 1. The van der Waals surface area contributed by atoms with Gasteiger partial charge in [-0.3, -0.25) is 4.79 Å². The van der Waals surface area contributed by atoms with Crippen LogP contribution in [0.15, 0.2) is 35.4 Å². The second-order valence-corrected chi connectivity index (χ2v) is 4.61. The van der Waals surface area contributed by atoms with Crippen molar-refractivity contribution in [2.45, 2.75) is 0 Å². The van der Waals surface area contributed by atoms with Crippen LogP contribution in [0.3, 0.4) is 0 Å². The maximum Gasteiger partial charge on any atom is 0.250 e. The molecule has 0 unspecified atom stereocenters. The number of nitrogens with two attached hydrogens (primary N) is 1. The zero-order valence-electron chi connectivity index (χ0n) is 8.51. The summed E-state index contributed by atoms with van der Waals surface area (Å²) >= 11 is 1.64. The summed E-state index contributed by atoms with van der Waals surface area (Å²) in [4.78, 5) is 13.5. The van der Waals surface area contributed by atoms with E-state index >= 15 is 0 Å². The average Bonchev–Trinajstić information content (AvgIpc) is 2.76. The number of carbonyl (C=O) groups excluding carboxylic acids is 1. The zero-order chi connectivity index (χ0) is 11.1. The molecule has 0 fully saturated rings. The van der Waals surface area contributed by atoms with Crippen molar-refractivity contribution in [3.05, 3.63) is 45.1 Å². The summed E-state index contributed by atoms with van der Waals surface area (Å²) in [6.07, 6.45) is 7.77. The summed E-state index contributed by atoms with van der Waals surface area (Å²) in [5, 5.41) is 3.23. The monoisotopic (exact) mass is 230 g/mol. The topological polar surface area (TPSA) is 46.3 Å². The van der Waals surface area contributed by atoms with Crippen LogP contribution in [0.5, 0.6) is 0 Å². The van der Waals surface area contributed by atoms with E-state index in [1.54, 1.807) is 17.4 Å². The van der Waals surface area contributed by atoms with Crippen molar-refractivity contribution >= 4 is 29.0 Å². The highest BCUT2D eigenvalue weighted by Crippen LogP contribution is 2.21.